The van der Waals surface area contributed by atoms with Crippen molar-refractivity contribution in [3.8, 4) is 0 Å². The number of rotatable bonds is 4. The molecule has 0 aromatic carbocycles. The van der Waals surface area contributed by atoms with Crippen molar-refractivity contribution in [3.63, 3.8) is 0 Å². The molecule has 0 aliphatic rings. The van der Waals surface area contributed by atoms with E-state index in [4.69, 9.17) is 10.3 Å². The van der Waals surface area contributed by atoms with Gasteiger partial charge in [-0.25, -0.2) is 0 Å². The van der Waals surface area contributed by atoms with Gasteiger partial charge in [-0.1, -0.05) is 19.0 Å². The zero-order valence-corrected chi connectivity index (χ0v) is 6.65. The van der Waals surface area contributed by atoms with Crippen LogP contribution in [0.2, 0.25) is 0 Å². The van der Waals surface area contributed by atoms with Crippen LogP contribution in [0.5, 0.6) is 0 Å². The first-order chi connectivity index (χ1) is 5.18. The van der Waals surface area contributed by atoms with E-state index in [0.717, 1.165) is 0 Å². The second-order valence-electron chi connectivity index (χ2n) is 2.28. The summed E-state index contributed by atoms with van der Waals surface area (Å²) in [4.78, 5) is 13.3. The lowest BCUT2D eigenvalue weighted by Crippen LogP contribution is -2.13. The number of ether oxygens (including phenoxy) is 1. The molecule has 0 rings (SSSR count). The monoisotopic (exact) mass is 157 g/mol. The third-order valence-corrected chi connectivity index (χ3v) is 0.970. The Morgan fingerprint density at radius 3 is 2.82 bits per heavy atom. The van der Waals surface area contributed by atoms with Crippen LogP contribution in [0.15, 0.2) is 5.11 Å². The lowest BCUT2D eigenvalue weighted by Gasteiger charge is -2.03. The summed E-state index contributed by atoms with van der Waals surface area (Å²) in [5, 5.41) is 3.21. The molecule has 0 saturated carbocycles. The summed E-state index contributed by atoms with van der Waals surface area (Å²) in [5.41, 5.74) is 7.86. The van der Waals surface area contributed by atoms with Gasteiger partial charge < -0.3 is 4.74 Å². The standard InChI is InChI=1S/C6H11N3O2/c1-5(2)6(10)11-4-3-8-9-7/h5H,3-4H2,1-2H3. The number of nitrogens with zero attached hydrogens (tertiary/aromatic N) is 3. The Labute approximate surface area is 65.0 Å². The van der Waals surface area contributed by atoms with Crippen LogP contribution in [-0.4, -0.2) is 19.1 Å². The zero-order chi connectivity index (χ0) is 8.69. The van der Waals surface area contributed by atoms with Crippen molar-refractivity contribution in [1.82, 2.24) is 0 Å². The number of esters is 1. The second-order valence-corrected chi connectivity index (χ2v) is 2.28. The van der Waals surface area contributed by atoms with Crippen molar-refractivity contribution in [1.29, 1.82) is 0 Å². The molecule has 0 atom stereocenters. The van der Waals surface area contributed by atoms with Gasteiger partial charge in [0.05, 0.1) is 19.1 Å². The summed E-state index contributed by atoms with van der Waals surface area (Å²) in [6.45, 7) is 3.86. The van der Waals surface area contributed by atoms with Crippen LogP contribution in [-0.2, 0) is 9.53 Å². The molecule has 5 heteroatoms. The molecule has 0 aliphatic heterocycles. The molecule has 0 unspecified atom stereocenters. The van der Waals surface area contributed by atoms with Crippen molar-refractivity contribution in [2.45, 2.75) is 13.8 Å². The van der Waals surface area contributed by atoms with E-state index in [-0.39, 0.29) is 25.0 Å². The Balaban J connectivity index is 3.39. The molecule has 0 amide bonds. The van der Waals surface area contributed by atoms with Gasteiger partial charge in [0.1, 0.15) is 0 Å². The van der Waals surface area contributed by atoms with Crippen molar-refractivity contribution in [3.05, 3.63) is 10.4 Å². The smallest absolute Gasteiger partial charge is 0.308 e. The van der Waals surface area contributed by atoms with Gasteiger partial charge in [0.15, 0.2) is 0 Å². The van der Waals surface area contributed by atoms with Crippen LogP contribution >= 0.6 is 0 Å². The SMILES string of the molecule is CC(C)C(=O)OCCN=[N+]=[N-]. The van der Waals surface area contributed by atoms with Gasteiger partial charge in [0.2, 0.25) is 0 Å². The van der Waals surface area contributed by atoms with E-state index >= 15 is 0 Å². The molecule has 0 saturated heterocycles. The van der Waals surface area contributed by atoms with E-state index in [0.29, 0.717) is 0 Å². The highest BCUT2D eigenvalue weighted by Gasteiger charge is 2.06. The minimum Gasteiger partial charge on any atom is -0.465 e. The van der Waals surface area contributed by atoms with Crippen LogP contribution < -0.4 is 0 Å². The average Bonchev–Trinajstić information content (AvgIpc) is 1.97. The van der Waals surface area contributed by atoms with E-state index in [1.54, 1.807) is 13.8 Å². The molecule has 62 valence electrons. The summed E-state index contributed by atoms with van der Waals surface area (Å²) in [5.74, 6) is -0.390. The maximum Gasteiger partial charge on any atom is 0.308 e. The van der Waals surface area contributed by atoms with E-state index in [1.165, 1.54) is 0 Å². The predicted octanol–water partition coefficient (Wildman–Crippen LogP) is 1.50. The lowest BCUT2D eigenvalue weighted by atomic mass is 10.2. The lowest BCUT2D eigenvalue weighted by molar-refractivity contribution is -0.146. The fraction of sp³-hybridized carbons (Fsp3) is 0.833. The summed E-state index contributed by atoms with van der Waals surface area (Å²) in [7, 11) is 0. The Morgan fingerprint density at radius 2 is 2.36 bits per heavy atom. The summed E-state index contributed by atoms with van der Waals surface area (Å²) in [6, 6.07) is 0. The molecule has 0 radical (unpaired) electrons. The summed E-state index contributed by atoms with van der Waals surface area (Å²) >= 11 is 0. The van der Waals surface area contributed by atoms with Gasteiger partial charge in [0.25, 0.3) is 0 Å². The number of hydrogen-bond acceptors (Lipinski definition) is 3. The first-order valence-corrected chi connectivity index (χ1v) is 3.36. The highest BCUT2D eigenvalue weighted by molar-refractivity contribution is 5.71. The van der Waals surface area contributed by atoms with Crippen molar-refractivity contribution < 1.29 is 9.53 Å². The van der Waals surface area contributed by atoms with Gasteiger partial charge in [-0.3, -0.25) is 4.79 Å². The molecular weight excluding hydrogens is 146 g/mol. The average molecular weight is 157 g/mol. The molecular formula is C6H11N3O2. The zero-order valence-electron chi connectivity index (χ0n) is 6.65. The molecule has 0 heterocycles. The molecule has 0 bridgehead atoms. The Morgan fingerprint density at radius 1 is 1.73 bits per heavy atom. The fourth-order valence-corrected chi connectivity index (χ4v) is 0.398. The van der Waals surface area contributed by atoms with Crippen LogP contribution in [0.3, 0.4) is 0 Å². The molecule has 0 aliphatic carbocycles. The highest BCUT2D eigenvalue weighted by atomic mass is 16.5. The summed E-state index contributed by atoms with van der Waals surface area (Å²) < 4.78 is 4.70. The maximum absolute atomic E-state index is 10.7. The Bertz CT molecular complexity index is 173. The molecule has 0 spiro atoms. The fourth-order valence-electron chi connectivity index (χ4n) is 0.398. The minimum absolute atomic E-state index is 0.124. The first kappa shape index (κ1) is 9.78. The number of azide groups is 1. The number of carbonyl (C=O) groups is 1. The van der Waals surface area contributed by atoms with Gasteiger partial charge in [-0.05, 0) is 5.53 Å². The minimum atomic E-state index is -0.266. The Kier molecular flexibility index (Phi) is 4.94. The molecule has 11 heavy (non-hydrogen) atoms. The predicted molar refractivity (Wildman–Crippen MR) is 39.8 cm³/mol. The van der Waals surface area contributed by atoms with E-state index < -0.39 is 0 Å². The second kappa shape index (κ2) is 5.56. The Hall–Kier alpha value is -1.22. The van der Waals surface area contributed by atoms with Gasteiger partial charge in [0, 0.05) is 4.91 Å². The van der Waals surface area contributed by atoms with Crippen molar-refractivity contribution in [2.75, 3.05) is 13.2 Å². The largest absolute Gasteiger partial charge is 0.465 e. The topological polar surface area (TPSA) is 75.1 Å². The van der Waals surface area contributed by atoms with Crippen molar-refractivity contribution in [2.24, 2.45) is 11.0 Å². The van der Waals surface area contributed by atoms with Crippen LogP contribution in [0, 0.1) is 5.92 Å². The molecule has 5 nitrogen and oxygen atoms in total. The normalized spacial score (nSPS) is 9.00. The third-order valence-electron chi connectivity index (χ3n) is 0.970. The molecule has 0 aromatic heterocycles. The molecule has 0 fully saturated rings. The van der Waals surface area contributed by atoms with Gasteiger partial charge in [-0.2, -0.15) is 0 Å². The van der Waals surface area contributed by atoms with Crippen molar-refractivity contribution >= 4 is 5.97 Å². The maximum atomic E-state index is 10.7. The number of hydrogen-bond donors (Lipinski definition) is 0. The van der Waals surface area contributed by atoms with E-state index in [2.05, 4.69) is 10.0 Å². The first-order valence-electron chi connectivity index (χ1n) is 3.36. The highest BCUT2D eigenvalue weighted by Crippen LogP contribution is 1.94. The quantitative estimate of drug-likeness (QED) is 0.204. The van der Waals surface area contributed by atoms with Crippen LogP contribution in [0.4, 0.5) is 0 Å². The number of carbonyl (C=O) groups excluding carboxylic acids is 1. The van der Waals surface area contributed by atoms with Crippen LogP contribution in [0.1, 0.15) is 13.8 Å². The summed E-state index contributed by atoms with van der Waals surface area (Å²) in [6.07, 6.45) is 0. The molecule has 0 aromatic rings. The van der Waals surface area contributed by atoms with E-state index in [9.17, 15) is 4.79 Å². The van der Waals surface area contributed by atoms with E-state index in [1.807, 2.05) is 0 Å². The third kappa shape index (κ3) is 5.24. The molecule has 0 N–H and O–H groups in total. The van der Waals surface area contributed by atoms with Gasteiger partial charge in [-0.15, -0.1) is 0 Å². The van der Waals surface area contributed by atoms with Crippen LogP contribution in [0.25, 0.3) is 10.4 Å². The van der Waals surface area contributed by atoms with Gasteiger partial charge >= 0.3 is 5.97 Å².